The molecular formula is C13H23NOS. The molecule has 0 fully saturated rings. The Morgan fingerprint density at radius 3 is 2.31 bits per heavy atom. The number of hydrogen-bond acceptors (Lipinski definition) is 3. The fraction of sp³-hybridized carbons (Fsp3) is 0.615. The number of rotatable bonds is 1. The summed E-state index contributed by atoms with van der Waals surface area (Å²) in [7, 11) is 0. The van der Waals surface area contributed by atoms with E-state index in [4.69, 9.17) is 5.73 Å². The fourth-order valence-electron chi connectivity index (χ4n) is 1.85. The summed E-state index contributed by atoms with van der Waals surface area (Å²) >= 11 is 1.60. The SMILES string of the molecule is C.CC.CC(=O)c1sc2c(c1N)CCCC2. The maximum atomic E-state index is 11.2. The standard InChI is InChI=1S/C10H13NOS.C2H6.CH4/c1-6(12)10-9(11)7-4-2-3-5-8(7)13-10;1-2;/h2-5,11H2,1H3;1-2H3;1H4. The minimum atomic E-state index is 0. The number of thiophene rings is 1. The Bertz CT molecular complexity index is 355. The van der Waals surface area contributed by atoms with Gasteiger partial charge >= 0.3 is 0 Å². The Morgan fingerprint density at radius 1 is 1.25 bits per heavy atom. The first-order valence-electron chi connectivity index (χ1n) is 5.61. The van der Waals surface area contributed by atoms with Gasteiger partial charge in [0, 0.05) is 11.8 Å². The number of fused-ring (bicyclic) bond motifs is 1. The predicted octanol–water partition coefficient (Wildman–Crippen LogP) is 4.07. The Labute approximate surface area is 103 Å². The van der Waals surface area contributed by atoms with Crippen LogP contribution < -0.4 is 5.73 Å². The number of aryl methyl sites for hydroxylation is 1. The molecule has 0 unspecified atom stereocenters. The topological polar surface area (TPSA) is 43.1 Å². The van der Waals surface area contributed by atoms with Gasteiger partial charge in [-0.3, -0.25) is 4.79 Å². The number of carbonyl (C=O) groups is 1. The van der Waals surface area contributed by atoms with Crippen molar-refractivity contribution in [1.82, 2.24) is 0 Å². The number of nitrogens with two attached hydrogens (primary N) is 1. The maximum absolute atomic E-state index is 11.2. The third-order valence-electron chi connectivity index (χ3n) is 2.53. The molecule has 16 heavy (non-hydrogen) atoms. The van der Waals surface area contributed by atoms with E-state index in [1.165, 1.54) is 23.3 Å². The van der Waals surface area contributed by atoms with E-state index in [-0.39, 0.29) is 13.2 Å². The van der Waals surface area contributed by atoms with Crippen molar-refractivity contribution in [3.05, 3.63) is 15.3 Å². The van der Waals surface area contributed by atoms with Gasteiger partial charge in [0.1, 0.15) is 0 Å². The Kier molecular flexibility index (Phi) is 6.34. The van der Waals surface area contributed by atoms with Gasteiger partial charge in [0.25, 0.3) is 0 Å². The molecule has 0 bridgehead atoms. The van der Waals surface area contributed by atoms with Gasteiger partial charge in [0.05, 0.1) is 10.6 Å². The molecule has 0 amide bonds. The Morgan fingerprint density at radius 2 is 1.81 bits per heavy atom. The maximum Gasteiger partial charge on any atom is 0.171 e. The van der Waals surface area contributed by atoms with Crippen LogP contribution in [-0.2, 0) is 12.8 Å². The Hall–Kier alpha value is -0.830. The second-order valence-corrected chi connectivity index (χ2v) is 4.62. The first-order valence-corrected chi connectivity index (χ1v) is 6.42. The largest absolute Gasteiger partial charge is 0.397 e. The molecule has 1 heterocycles. The minimum Gasteiger partial charge on any atom is -0.397 e. The number of Topliss-reactive ketones (excluding diaryl/α,β-unsaturated/α-hetero) is 1. The third kappa shape index (κ3) is 2.85. The second kappa shape index (κ2) is 6.69. The lowest BCUT2D eigenvalue weighted by Crippen LogP contribution is -2.02. The van der Waals surface area contributed by atoms with E-state index in [2.05, 4.69) is 0 Å². The van der Waals surface area contributed by atoms with Gasteiger partial charge in [0.2, 0.25) is 0 Å². The van der Waals surface area contributed by atoms with Crippen molar-refractivity contribution in [1.29, 1.82) is 0 Å². The van der Waals surface area contributed by atoms with E-state index in [0.717, 1.165) is 23.4 Å². The van der Waals surface area contributed by atoms with Crippen LogP contribution in [0.25, 0.3) is 0 Å². The molecule has 0 saturated carbocycles. The first kappa shape index (κ1) is 15.2. The average Bonchev–Trinajstić information content (AvgIpc) is 2.60. The molecule has 3 heteroatoms. The molecule has 0 atom stereocenters. The molecule has 1 aliphatic rings. The molecule has 2 rings (SSSR count). The molecule has 2 N–H and O–H groups in total. The highest BCUT2D eigenvalue weighted by Gasteiger charge is 2.20. The zero-order valence-corrected chi connectivity index (χ0v) is 10.5. The van der Waals surface area contributed by atoms with Crippen molar-refractivity contribution in [3.63, 3.8) is 0 Å². The molecule has 2 nitrogen and oxygen atoms in total. The van der Waals surface area contributed by atoms with Crippen LogP contribution in [0.5, 0.6) is 0 Å². The van der Waals surface area contributed by atoms with Gasteiger partial charge in [-0.05, 0) is 31.2 Å². The van der Waals surface area contributed by atoms with E-state index in [9.17, 15) is 4.79 Å². The Balaban J connectivity index is 0.000000711. The van der Waals surface area contributed by atoms with Crippen LogP contribution >= 0.6 is 11.3 Å². The van der Waals surface area contributed by atoms with Gasteiger partial charge in [0.15, 0.2) is 5.78 Å². The summed E-state index contributed by atoms with van der Waals surface area (Å²) < 4.78 is 0. The minimum absolute atomic E-state index is 0. The lowest BCUT2D eigenvalue weighted by atomic mass is 9.97. The number of anilines is 1. The van der Waals surface area contributed by atoms with E-state index < -0.39 is 0 Å². The van der Waals surface area contributed by atoms with Crippen LogP contribution in [0.15, 0.2) is 0 Å². The summed E-state index contributed by atoms with van der Waals surface area (Å²) in [5.74, 6) is 0.108. The first-order chi connectivity index (χ1) is 7.20. The summed E-state index contributed by atoms with van der Waals surface area (Å²) in [5, 5.41) is 0. The molecule has 92 valence electrons. The van der Waals surface area contributed by atoms with E-state index >= 15 is 0 Å². The summed E-state index contributed by atoms with van der Waals surface area (Å²) in [6, 6.07) is 0. The number of ketones is 1. The average molecular weight is 241 g/mol. The zero-order valence-electron chi connectivity index (χ0n) is 9.72. The van der Waals surface area contributed by atoms with Crippen molar-refractivity contribution in [3.8, 4) is 0 Å². The van der Waals surface area contributed by atoms with E-state index in [0.29, 0.717) is 0 Å². The van der Waals surface area contributed by atoms with Crippen LogP contribution in [0.2, 0.25) is 0 Å². The van der Waals surface area contributed by atoms with Crippen molar-refractivity contribution >= 4 is 22.8 Å². The predicted molar refractivity (Wildman–Crippen MR) is 73.5 cm³/mol. The van der Waals surface area contributed by atoms with E-state index in [1.54, 1.807) is 18.3 Å². The van der Waals surface area contributed by atoms with Crippen molar-refractivity contribution < 1.29 is 4.79 Å². The van der Waals surface area contributed by atoms with Crippen molar-refractivity contribution in [2.45, 2.75) is 53.9 Å². The summed E-state index contributed by atoms with van der Waals surface area (Å²) in [5.41, 5.74) is 7.92. The van der Waals surface area contributed by atoms with Crippen molar-refractivity contribution in [2.24, 2.45) is 0 Å². The highest BCUT2D eigenvalue weighted by Crippen LogP contribution is 2.36. The van der Waals surface area contributed by atoms with Crippen molar-refractivity contribution in [2.75, 3.05) is 5.73 Å². The normalized spacial score (nSPS) is 12.9. The van der Waals surface area contributed by atoms with Crippen LogP contribution in [0.4, 0.5) is 5.69 Å². The third-order valence-corrected chi connectivity index (χ3v) is 3.94. The number of carbonyl (C=O) groups excluding carboxylic acids is 1. The quantitative estimate of drug-likeness (QED) is 0.753. The van der Waals surface area contributed by atoms with Gasteiger partial charge in [-0.1, -0.05) is 21.3 Å². The molecule has 1 aliphatic carbocycles. The van der Waals surface area contributed by atoms with E-state index in [1.807, 2.05) is 13.8 Å². The number of nitrogen functional groups attached to an aromatic ring is 1. The van der Waals surface area contributed by atoms with Crippen LogP contribution in [0.3, 0.4) is 0 Å². The van der Waals surface area contributed by atoms with Gasteiger partial charge < -0.3 is 5.73 Å². The lowest BCUT2D eigenvalue weighted by Gasteiger charge is -2.10. The van der Waals surface area contributed by atoms with Crippen LogP contribution in [0, 0.1) is 0 Å². The molecule has 0 saturated heterocycles. The fourth-order valence-corrected chi connectivity index (χ4v) is 3.06. The lowest BCUT2D eigenvalue weighted by molar-refractivity contribution is 0.102. The molecule has 0 spiro atoms. The van der Waals surface area contributed by atoms with Gasteiger partial charge in [-0.25, -0.2) is 0 Å². The highest BCUT2D eigenvalue weighted by atomic mass is 32.1. The molecule has 1 aromatic rings. The molecule has 0 radical (unpaired) electrons. The van der Waals surface area contributed by atoms with Gasteiger partial charge in [-0.2, -0.15) is 0 Å². The smallest absolute Gasteiger partial charge is 0.171 e. The summed E-state index contributed by atoms with van der Waals surface area (Å²) in [6.07, 6.45) is 4.62. The summed E-state index contributed by atoms with van der Waals surface area (Å²) in [6.45, 7) is 5.59. The van der Waals surface area contributed by atoms with Crippen LogP contribution in [0.1, 0.15) is 61.2 Å². The zero-order chi connectivity index (χ0) is 11.4. The molecule has 0 aromatic carbocycles. The molecular weight excluding hydrogens is 218 g/mol. The monoisotopic (exact) mass is 241 g/mol. The number of hydrogen-bond donors (Lipinski definition) is 1. The van der Waals surface area contributed by atoms with Gasteiger partial charge in [-0.15, -0.1) is 11.3 Å². The van der Waals surface area contributed by atoms with Crippen LogP contribution in [-0.4, -0.2) is 5.78 Å². The highest BCUT2D eigenvalue weighted by molar-refractivity contribution is 7.14. The molecule has 0 aliphatic heterocycles. The summed E-state index contributed by atoms with van der Waals surface area (Å²) in [4.78, 5) is 13.3. The molecule has 1 aromatic heterocycles. The second-order valence-electron chi connectivity index (χ2n) is 3.51.